The first kappa shape index (κ1) is 18.5. The van der Waals surface area contributed by atoms with Crippen molar-refractivity contribution in [2.75, 3.05) is 20.1 Å². The molecule has 0 radical (unpaired) electrons. The second kappa shape index (κ2) is 7.61. The van der Waals surface area contributed by atoms with Crippen LogP contribution in [-0.2, 0) is 15.1 Å². The number of halogens is 1. The summed E-state index contributed by atoms with van der Waals surface area (Å²) < 4.78 is 0. The number of hydrogen-bond acceptors (Lipinski definition) is 3. The summed E-state index contributed by atoms with van der Waals surface area (Å²) in [6, 6.07) is 9.40. The van der Waals surface area contributed by atoms with Gasteiger partial charge in [0.05, 0.1) is 0 Å². The molecule has 22 heavy (non-hydrogen) atoms. The molecular formula is C16H24ClN3O2. The van der Waals surface area contributed by atoms with Crippen molar-refractivity contribution in [1.82, 2.24) is 10.2 Å². The molecule has 1 heterocycles. The number of carbonyl (C=O) groups excluding carboxylic acids is 2. The fraction of sp³-hybridized carbons (Fsp3) is 0.500. The summed E-state index contributed by atoms with van der Waals surface area (Å²) >= 11 is 0. The minimum atomic E-state index is -1.03. The highest BCUT2D eigenvalue weighted by molar-refractivity contribution is 5.87. The summed E-state index contributed by atoms with van der Waals surface area (Å²) in [5.74, 6) is -0.0236. The van der Waals surface area contributed by atoms with Gasteiger partial charge in [-0.1, -0.05) is 30.3 Å². The molecule has 1 fully saturated rings. The molecule has 0 spiro atoms. The van der Waals surface area contributed by atoms with Gasteiger partial charge in [0.2, 0.25) is 11.8 Å². The van der Waals surface area contributed by atoms with Gasteiger partial charge in [0.25, 0.3) is 0 Å². The lowest BCUT2D eigenvalue weighted by Gasteiger charge is -2.36. The third kappa shape index (κ3) is 3.78. The Morgan fingerprint density at radius 2 is 1.77 bits per heavy atom. The third-order valence-electron chi connectivity index (χ3n) is 4.22. The van der Waals surface area contributed by atoms with Crippen molar-refractivity contribution in [1.29, 1.82) is 0 Å². The molecule has 1 aliphatic heterocycles. The smallest absolute Gasteiger partial charge is 0.246 e. The second-order valence-electron chi connectivity index (χ2n) is 5.75. The maximum absolute atomic E-state index is 12.7. The maximum Gasteiger partial charge on any atom is 0.246 e. The third-order valence-corrected chi connectivity index (χ3v) is 4.22. The number of likely N-dealkylation sites (tertiary alicyclic amines) is 1. The van der Waals surface area contributed by atoms with E-state index in [1.54, 1.807) is 18.9 Å². The largest absolute Gasteiger partial charge is 0.359 e. The first-order valence-electron chi connectivity index (χ1n) is 7.32. The first-order valence-corrected chi connectivity index (χ1v) is 7.32. The Bertz CT molecular complexity index is 511. The highest BCUT2D eigenvalue weighted by Gasteiger charge is 2.36. The normalized spacial score (nSPS) is 18.0. The van der Waals surface area contributed by atoms with Gasteiger partial charge < -0.3 is 16.0 Å². The molecule has 1 unspecified atom stereocenters. The highest BCUT2D eigenvalue weighted by Crippen LogP contribution is 2.24. The minimum absolute atomic E-state index is 0. The molecule has 6 heteroatoms. The van der Waals surface area contributed by atoms with E-state index in [1.165, 1.54) is 0 Å². The zero-order valence-corrected chi connectivity index (χ0v) is 13.9. The van der Waals surface area contributed by atoms with Crippen LogP contribution in [0.5, 0.6) is 0 Å². The number of rotatable bonds is 3. The predicted molar refractivity (Wildman–Crippen MR) is 88.6 cm³/mol. The molecule has 0 saturated carbocycles. The molecular weight excluding hydrogens is 302 g/mol. The Hall–Kier alpha value is -1.59. The zero-order chi connectivity index (χ0) is 15.5. The second-order valence-corrected chi connectivity index (χ2v) is 5.75. The van der Waals surface area contributed by atoms with Gasteiger partial charge in [-0.25, -0.2) is 0 Å². The number of nitrogens with zero attached hydrogens (tertiary/aromatic N) is 1. The molecule has 1 aromatic rings. The fourth-order valence-electron chi connectivity index (χ4n) is 2.79. The van der Waals surface area contributed by atoms with E-state index in [0.29, 0.717) is 25.9 Å². The van der Waals surface area contributed by atoms with Gasteiger partial charge in [-0.2, -0.15) is 0 Å². The molecule has 2 amide bonds. The van der Waals surface area contributed by atoms with Crippen LogP contribution in [-0.4, -0.2) is 36.9 Å². The van der Waals surface area contributed by atoms with Gasteiger partial charge in [-0.15, -0.1) is 12.4 Å². The van der Waals surface area contributed by atoms with E-state index in [4.69, 9.17) is 5.73 Å². The Morgan fingerprint density at radius 3 is 2.27 bits per heavy atom. The van der Waals surface area contributed by atoms with E-state index in [0.717, 1.165) is 5.56 Å². The SMILES string of the molecule is CNC(=O)C1CCN(C(=O)C(C)(N)c2ccccc2)CC1.Cl. The minimum Gasteiger partial charge on any atom is -0.359 e. The van der Waals surface area contributed by atoms with Crippen LogP contribution in [0.2, 0.25) is 0 Å². The van der Waals surface area contributed by atoms with Gasteiger partial charge in [0.15, 0.2) is 0 Å². The summed E-state index contributed by atoms with van der Waals surface area (Å²) in [6.07, 6.45) is 1.38. The van der Waals surface area contributed by atoms with Crippen molar-refractivity contribution in [3.8, 4) is 0 Å². The lowest BCUT2D eigenvalue weighted by molar-refractivity contribution is -0.140. The Morgan fingerprint density at radius 1 is 1.23 bits per heavy atom. The number of hydrogen-bond donors (Lipinski definition) is 2. The number of nitrogens with two attached hydrogens (primary N) is 1. The van der Waals surface area contributed by atoms with E-state index in [9.17, 15) is 9.59 Å². The number of nitrogens with one attached hydrogen (secondary N) is 1. The standard InChI is InChI=1S/C16H23N3O2.ClH/c1-16(17,13-6-4-3-5-7-13)15(21)19-10-8-12(9-11-19)14(20)18-2;/h3-7,12H,8-11,17H2,1-2H3,(H,18,20);1H. The number of amides is 2. The molecule has 2 rings (SSSR count). The van der Waals surface area contributed by atoms with Gasteiger partial charge >= 0.3 is 0 Å². The summed E-state index contributed by atoms with van der Waals surface area (Å²) in [5, 5.41) is 2.67. The average molecular weight is 326 g/mol. The van der Waals surface area contributed by atoms with Crippen LogP contribution in [0.3, 0.4) is 0 Å². The maximum atomic E-state index is 12.7. The Kier molecular flexibility index (Phi) is 6.38. The molecule has 5 nitrogen and oxygen atoms in total. The monoisotopic (exact) mass is 325 g/mol. The quantitative estimate of drug-likeness (QED) is 0.878. The molecule has 0 aliphatic carbocycles. The van der Waals surface area contributed by atoms with E-state index in [1.807, 2.05) is 30.3 Å². The number of benzene rings is 1. The van der Waals surface area contributed by atoms with Crippen molar-refractivity contribution in [2.24, 2.45) is 11.7 Å². The topological polar surface area (TPSA) is 75.4 Å². The Balaban J connectivity index is 0.00000242. The lowest BCUT2D eigenvalue weighted by Crippen LogP contribution is -2.53. The fourth-order valence-corrected chi connectivity index (χ4v) is 2.79. The molecule has 1 atom stereocenters. The van der Waals surface area contributed by atoms with Crippen LogP contribution in [0.1, 0.15) is 25.3 Å². The molecule has 122 valence electrons. The van der Waals surface area contributed by atoms with Crippen molar-refractivity contribution < 1.29 is 9.59 Å². The molecule has 0 bridgehead atoms. The first-order chi connectivity index (χ1) is 9.96. The molecule has 1 saturated heterocycles. The number of carbonyl (C=O) groups is 2. The van der Waals surface area contributed by atoms with Crippen LogP contribution in [0.15, 0.2) is 30.3 Å². The van der Waals surface area contributed by atoms with Gasteiger partial charge in [-0.3, -0.25) is 9.59 Å². The average Bonchev–Trinajstić information content (AvgIpc) is 2.54. The van der Waals surface area contributed by atoms with E-state index >= 15 is 0 Å². The van der Waals surface area contributed by atoms with Crippen molar-refractivity contribution in [3.63, 3.8) is 0 Å². The van der Waals surface area contributed by atoms with Crippen LogP contribution < -0.4 is 11.1 Å². The van der Waals surface area contributed by atoms with Crippen LogP contribution in [0.4, 0.5) is 0 Å². The molecule has 1 aromatic carbocycles. The van der Waals surface area contributed by atoms with Gasteiger partial charge in [0.1, 0.15) is 5.54 Å². The molecule has 0 aromatic heterocycles. The van der Waals surface area contributed by atoms with Crippen LogP contribution >= 0.6 is 12.4 Å². The van der Waals surface area contributed by atoms with Crippen molar-refractivity contribution in [2.45, 2.75) is 25.3 Å². The number of piperidine rings is 1. The highest BCUT2D eigenvalue weighted by atomic mass is 35.5. The van der Waals surface area contributed by atoms with Gasteiger partial charge in [0, 0.05) is 26.1 Å². The van der Waals surface area contributed by atoms with Gasteiger partial charge in [-0.05, 0) is 25.3 Å². The zero-order valence-electron chi connectivity index (χ0n) is 13.0. The predicted octanol–water partition coefficient (Wildman–Crippen LogP) is 1.27. The van der Waals surface area contributed by atoms with Crippen LogP contribution in [0, 0.1) is 5.92 Å². The molecule has 1 aliphatic rings. The van der Waals surface area contributed by atoms with Crippen LogP contribution in [0.25, 0.3) is 0 Å². The molecule has 3 N–H and O–H groups in total. The van der Waals surface area contributed by atoms with Crippen molar-refractivity contribution >= 4 is 24.2 Å². The van der Waals surface area contributed by atoms with Crippen molar-refractivity contribution in [3.05, 3.63) is 35.9 Å². The van der Waals surface area contributed by atoms with E-state index in [2.05, 4.69) is 5.32 Å². The summed E-state index contributed by atoms with van der Waals surface area (Å²) in [7, 11) is 1.65. The summed E-state index contributed by atoms with van der Waals surface area (Å²) in [4.78, 5) is 26.1. The van der Waals surface area contributed by atoms with E-state index in [-0.39, 0.29) is 30.1 Å². The van der Waals surface area contributed by atoms with E-state index < -0.39 is 5.54 Å². The summed E-state index contributed by atoms with van der Waals surface area (Å²) in [6.45, 7) is 2.91. The summed E-state index contributed by atoms with van der Waals surface area (Å²) in [5.41, 5.74) is 6.04. The lowest BCUT2D eigenvalue weighted by atomic mass is 9.89. The Labute approximate surface area is 137 Å².